The van der Waals surface area contributed by atoms with E-state index in [9.17, 15) is 9.18 Å². The minimum absolute atomic E-state index is 0.00452. The highest BCUT2D eigenvalue weighted by molar-refractivity contribution is 7.12. The highest BCUT2D eigenvalue weighted by atomic mass is 32.1. The summed E-state index contributed by atoms with van der Waals surface area (Å²) >= 11 is 1.45. The number of ether oxygens (including phenoxy) is 2. The molecule has 3 aromatic rings. The number of methoxy groups -OCH3 is 2. The van der Waals surface area contributed by atoms with E-state index >= 15 is 0 Å². The van der Waals surface area contributed by atoms with Gasteiger partial charge in [-0.15, -0.1) is 11.3 Å². The van der Waals surface area contributed by atoms with Gasteiger partial charge in [0, 0.05) is 25.2 Å². The van der Waals surface area contributed by atoms with E-state index in [0.29, 0.717) is 16.9 Å². The van der Waals surface area contributed by atoms with E-state index in [-0.39, 0.29) is 23.7 Å². The van der Waals surface area contributed by atoms with Crippen molar-refractivity contribution in [3.63, 3.8) is 0 Å². The van der Waals surface area contributed by atoms with Crippen LogP contribution in [-0.2, 0) is 13.0 Å². The van der Waals surface area contributed by atoms with Crippen LogP contribution < -0.4 is 9.47 Å². The smallest absolute Gasteiger partial charge is 0.263 e. The molecule has 1 atom stereocenters. The zero-order valence-electron chi connectivity index (χ0n) is 20.6. The molecule has 1 aromatic heterocycles. The van der Waals surface area contributed by atoms with Crippen LogP contribution in [0.25, 0.3) is 0 Å². The van der Waals surface area contributed by atoms with Gasteiger partial charge in [0.1, 0.15) is 5.82 Å². The first-order valence-corrected chi connectivity index (χ1v) is 12.9. The molecule has 0 spiro atoms. The van der Waals surface area contributed by atoms with Gasteiger partial charge in [-0.05, 0) is 67.4 Å². The monoisotopic (exact) mass is 496 g/mol. The molecule has 0 unspecified atom stereocenters. The molecule has 1 fully saturated rings. The van der Waals surface area contributed by atoms with Gasteiger partial charge in [-0.2, -0.15) is 0 Å². The lowest BCUT2D eigenvalue weighted by molar-refractivity contribution is 0.0587. The van der Waals surface area contributed by atoms with Crippen LogP contribution in [0.4, 0.5) is 4.39 Å². The average molecular weight is 497 g/mol. The number of likely N-dealkylation sites (tertiary alicyclic amines) is 1. The van der Waals surface area contributed by atoms with Crippen molar-refractivity contribution in [3.05, 3.63) is 81.8 Å². The maximum absolute atomic E-state index is 14.6. The van der Waals surface area contributed by atoms with Crippen LogP contribution in [0.15, 0.2) is 60.0 Å². The van der Waals surface area contributed by atoms with Crippen LogP contribution in [0.3, 0.4) is 0 Å². The minimum atomic E-state index is -0.211. The Hall–Kier alpha value is -2.90. The third-order valence-corrected chi connectivity index (χ3v) is 7.85. The molecule has 5 nitrogen and oxygen atoms in total. The summed E-state index contributed by atoms with van der Waals surface area (Å²) in [6.07, 6.45) is 2.38. The second kappa shape index (κ2) is 11.7. The van der Waals surface area contributed by atoms with Crippen molar-refractivity contribution >= 4 is 17.2 Å². The number of carbonyl (C=O) groups excluding carboxylic acids is 1. The third-order valence-electron chi connectivity index (χ3n) is 6.99. The van der Waals surface area contributed by atoms with Gasteiger partial charge in [0.05, 0.1) is 19.1 Å². The molecule has 0 bridgehead atoms. The molecule has 0 N–H and O–H groups in total. The number of thiophene rings is 1. The molecule has 0 saturated carbocycles. The largest absolute Gasteiger partial charge is 0.493 e. The van der Waals surface area contributed by atoms with E-state index < -0.39 is 0 Å². The standard InChI is InChI=1S/C28H33FN2O3S/c1-30(28(32)26-12-7-17-35-26)24(18-21-8-4-5-10-23(21)29)20-13-15-31(16-14-20)19-22-9-6-11-25(33-2)27(22)34-3/h4-12,17,20,24H,13-16,18-19H2,1-3H3/t24-/m0/s1. The summed E-state index contributed by atoms with van der Waals surface area (Å²) in [6.45, 7) is 2.58. The van der Waals surface area contributed by atoms with Gasteiger partial charge in [0.2, 0.25) is 0 Å². The van der Waals surface area contributed by atoms with E-state index in [2.05, 4.69) is 11.0 Å². The Morgan fingerprint density at radius 2 is 1.80 bits per heavy atom. The number of carbonyl (C=O) groups is 1. The number of halogens is 1. The van der Waals surface area contributed by atoms with Crippen molar-refractivity contribution < 1.29 is 18.7 Å². The fourth-order valence-electron chi connectivity index (χ4n) is 5.05. The Morgan fingerprint density at radius 1 is 1.06 bits per heavy atom. The number of piperidine rings is 1. The fourth-order valence-corrected chi connectivity index (χ4v) is 5.75. The Labute approximate surface area is 211 Å². The highest BCUT2D eigenvalue weighted by Crippen LogP contribution is 2.33. The molecule has 0 aliphatic carbocycles. The number of likely N-dealkylation sites (N-methyl/N-ethyl adjacent to an activating group) is 1. The number of rotatable bonds is 9. The number of benzene rings is 2. The summed E-state index contributed by atoms with van der Waals surface area (Å²) in [5.74, 6) is 1.59. The first-order valence-electron chi connectivity index (χ1n) is 12.0. The molecule has 2 aromatic carbocycles. The summed E-state index contributed by atoms with van der Waals surface area (Å²) in [7, 11) is 5.18. The number of hydrogen-bond donors (Lipinski definition) is 0. The van der Waals surface area contributed by atoms with Crippen molar-refractivity contribution in [3.8, 4) is 11.5 Å². The molecule has 7 heteroatoms. The van der Waals surface area contributed by atoms with Gasteiger partial charge in [-0.25, -0.2) is 4.39 Å². The van der Waals surface area contributed by atoms with E-state index in [1.165, 1.54) is 17.4 Å². The topological polar surface area (TPSA) is 42.0 Å². The lowest BCUT2D eigenvalue weighted by Gasteiger charge is -2.40. The second-order valence-electron chi connectivity index (χ2n) is 9.02. The summed E-state index contributed by atoms with van der Waals surface area (Å²) < 4.78 is 25.6. The Bertz CT molecular complexity index is 1110. The lowest BCUT2D eigenvalue weighted by atomic mass is 9.84. The minimum Gasteiger partial charge on any atom is -0.493 e. The van der Waals surface area contributed by atoms with Crippen LogP contribution in [0.1, 0.15) is 33.6 Å². The van der Waals surface area contributed by atoms with E-state index in [1.54, 1.807) is 20.3 Å². The maximum Gasteiger partial charge on any atom is 0.263 e. The number of hydrogen-bond acceptors (Lipinski definition) is 5. The molecule has 0 radical (unpaired) electrons. The first-order chi connectivity index (χ1) is 17.0. The number of amides is 1. The van der Waals surface area contributed by atoms with Crippen LogP contribution in [0.2, 0.25) is 0 Å². The number of para-hydroxylation sites is 1. The van der Waals surface area contributed by atoms with E-state index in [1.807, 2.05) is 53.7 Å². The van der Waals surface area contributed by atoms with Crippen molar-refractivity contribution in [1.82, 2.24) is 9.80 Å². The molecule has 186 valence electrons. The SMILES string of the molecule is COc1cccc(CN2CCC([C@H](Cc3ccccc3F)N(C)C(=O)c3cccs3)CC2)c1OC. The molecule has 1 saturated heterocycles. The zero-order chi connectivity index (χ0) is 24.8. The second-order valence-corrected chi connectivity index (χ2v) is 9.97. The van der Waals surface area contributed by atoms with E-state index in [0.717, 1.165) is 49.5 Å². The maximum atomic E-state index is 14.6. The van der Waals surface area contributed by atoms with Crippen molar-refractivity contribution in [2.75, 3.05) is 34.4 Å². The van der Waals surface area contributed by atoms with Crippen molar-refractivity contribution in [1.29, 1.82) is 0 Å². The van der Waals surface area contributed by atoms with Gasteiger partial charge in [-0.3, -0.25) is 9.69 Å². The number of nitrogens with zero attached hydrogens (tertiary/aromatic N) is 2. The fraction of sp³-hybridized carbons (Fsp3) is 0.393. The summed E-state index contributed by atoms with van der Waals surface area (Å²) in [5.41, 5.74) is 1.75. The predicted octanol–water partition coefficient (Wildman–Crippen LogP) is 5.50. The van der Waals surface area contributed by atoms with Crippen LogP contribution >= 0.6 is 11.3 Å². The molecule has 1 aliphatic rings. The quantitative estimate of drug-likeness (QED) is 0.392. The molecular weight excluding hydrogens is 463 g/mol. The van der Waals surface area contributed by atoms with Crippen LogP contribution in [-0.4, -0.2) is 56.1 Å². The summed E-state index contributed by atoms with van der Waals surface area (Å²) in [5, 5.41) is 1.91. The Kier molecular flexibility index (Phi) is 8.42. The normalized spacial score (nSPS) is 15.5. The van der Waals surface area contributed by atoms with Gasteiger partial charge in [0.15, 0.2) is 11.5 Å². The van der Waals surface area contributed by atoms with Gasteiger partial charge < -0.3 is 14.4 Å². The molecule has 2 heterocycles. The lowest BCUT2D eigenvalue weighted by Crippen LogP contribution is -2.47. The Balaban J connectivity index is 1.48. The van der Waals surface area contributed by atoms with Gasteiger partial charge in [-0.1, -0.05) is 36.4 Å². The highest BCUT2D eigenvalue weighted by Gasteiger charge is 2.33. The van der Waals surface area contributed by atoms with Crippen LogP contribution in [0, 0.1) is 11.7 Å². The van der Waals surface area contributed by atoms with Crippen molar-refractivity contribution in [2.24, 2.45) is 5.92 Å². The third kappa shape index (κ3) is 5.85. The van der Waals surface area contributed by atoms with Crippen molar-refractivity contribution in [2.45, 2.75) is 31.8 Å². The van der Waals surface area contributed by atoms with Gasteiger partial charge in [0.25, 0.3) is 5.91 Å². The Morgan fingerprint density at radius 3 is 2.46 bits per heavy atom. The molecule has 1 aliphatic heterocycles. The molecule has 4 rings (SSSR count). The average Bonchev–Trinajstić information content (AvgIpc) is 3.43. The summed E-state index contributed by atoms with van der Waals surface area (Å²) in [4.78, 5) is 18.2. The van der Waals surface area contributed by atoms with Gasteiger partial charge >= 0.3 is 0 Å². The molecule has 1 amide bonds. The summed E-state index contributed by atoms with van der Waals surface area (Å²) in [6, 6.07) is 16.5. The first kappa shape index (κ1) is 25.2. The molecular formula is C28H33FN2O3S. The zero-order valence-corrected chi connectivity index (χ0v) is 21.4. The molecule has 35 heavy (non-hydrogen) atoms. The van der Waals surface area contributed by atoms with E-state index in [4.69, 9.17) is 9.47 Å². The predicted molar refractivity (Wildman–Crippen MR) is 138 cm³/mol. The van der Waals surface area contributed by atoms with Crippen LogP contribution in [0.5, 0.6) is 11.5 Å².